The number of hydrogen-bond donors (Lipinski definition) is 1. The molecule has 0 amide bonds. The summed E-state index contributed by atoms with van der Waals surface area (Å²) in [4.78, 5) is 0. The van der Waals surface area contributed by atoms with Crippen LogP contribution < -0.4 is 14.8 Å². The topological polar surface area (TPSA) is 30.5 Å². The SMILES string of the molecule is COc1cc(OC2(C)CNC2)ccc1Br. The molecule has 0 aromatic heterocycles. The Bertz CT molecular complexity index is 364. The minimum atomic E-state index is -0.0706. The minimum absolute atomic E-state index is 0.0706. The molecule has 82 valence electrons. The molecule has 1 N–H and O–H groups in total. The summed E-state index contributed by atoms with van der Waals surface area (Å²) in [6.45, 7) is 3.88. The Hall–Kier alpha value is -0.740. The van der Waals surface area contributed by atoms with E-state index in [1.54, 1.807) is 7.11 Å². The van der Waals surface area contributed by atoms with Gasteiger partial charge in [0.1, 0.15) is 17.1 Å². The summed E-state index contributed by atoms with van der Waals surface area (Å²) in [6.07, 6.45) is 0. The largest absolute Gasteiger partial charge is 0.495 e. The van der Waals surface area contributed by atoms with Gasteiger partial charge in [-0.05, 0) is 35.0 Å². The summed E-state index contributed by atoms with van der Waals surface area (Å²) in [6, 6.07) is 5.77. The number of ether oxygens (including phenoxy) is 2. The number of methoxy groups -OCH3 is 1. The molecule has 1 saturated heterocycles. The van der Waals surface area contributed by atoms with E-state index >= 15 is 0 Å². The van der Waals surface area contributed by atoms with Crippen molar-refractivity contribution >= 4 is 15.9 Å². The molecule has 1 fully saturated rings. The quantitative estimate of drug-likeness (QED) is 0.915. The molecule has 0 aliphatic carbocycles. The van der Waals surface area contributed by atoms with Gasteiger partial charge in [-0.2, -0.15) is 0 Å². The summed E-state index contributed by atoms with van der Waals surface area (Å²) >= 11 is 3.41. The smallest absolute Gasteiger partial charge is 0.136 e. The van der Waals surface area contributed by atoms with Crippen LogP contribution in [-0.4, -0.2) is 25.8 Å². The molecule has 15 heavy (non-hydrogen) atoms. The molecule has 0 radical (unpaired) electrons. The Morgan fingerprint density at radius 1 is 1.40 bits per heavy atom. The van der Waals surface area contributed by atoms with Crippen LogP contribution in [0.4, 0.5) is 0 Å². The highest BCUT2D eigenvalue weighted by Gasteiger charge is 2.33. The van der Waals surface area contributed by atoms with Crippen molar-refractivity contribution in [3.8, 4) is 11.5 Å². The molecule has 1 aliphatic heterocycles. The number of halogens is 1. The first-order valence-electron chi connectivity index (χ1n) is 4.86. The maximum Gasteiger partial charge on any atom is 0.136 e. The fourth-order valence-electron chi connectivity index (χ4n) is 1.54. The molecule has 0 bridgehead atoms. The van der Waals surface area contributed by atoms with Crippen molar-refractivity contribution in [2.75, 3.05) is 20.2 Å². The van der Waals surface area contributed by atoms with Crippen molar-refractivity contribution in [1.29, 1.82) is 0 Å². The average Bonchev–Trinajstić information content (AvgIpc) is 2.18. The predicted molar refractivity (Wildman–Crippen MR) is 62.6 cm³/mol. The van der Waals surface area contributed by atoms with Crippen LogP contribution in [0.1, 0.15) is 6.92 Å². The van der Waals surface area contributed by atoms with Gasteiger partial charge in [-0.15, -0.1) is 0 Å². The Kier molecular flexibility index (Phi) is 2.89. The van der Waals surface area contributed by atoms with E-state index in [1.165, 1.54) is 0 Å². The normalized spacial score (nSPS) is 18.1. The first kappa shape index (κ1) is 10.8. The van der Waals surface area contributed by atoms with Crippen molar-refractivity contribution in [2.45, 2.75) is 12.5 Å². The highest BCUT2D eigenvalue weighted by atomic mass is 79.9. The fourth-order valence-corrected chi connectivity index (χ4v) is 1.95. The van der Waals surface area contributed by atoms with Gasteiger partial charge in [-0.25, -0.2) is 0 Å². The second-order valence-corrected chi connectivity index (χ2v) is 4.81. The Morgan fingerprint density at radius 2 is 2.13 bits per heavy atom. The van der Waals surface area contributed by atoms with E-state index in [0.717, 1.165) is 29.1 Å². The van der Waals surface area contributed by atoms with Gasteiger partial charge in [0, 0.05) is 19.2 Å². The molecule has 1 aromatic rings. The molecule has 0 atom stereocenters. The van der Waals surface area contributed by atoms with Crippen molar-refractivity contribution in [2.24, 2.45) is 0 Å². The molecular weight excluding hydrogens is 258 g/mol. The lowest BCUT2D eigenvalue weighted by Crippen LogP contribution is -2.60. The van der Waals surface area contributed by atoms with Gasteiger partial charge in [0.15, 0.2) is 0 Å². The standard InChI is InChI=1S/C11H14BrNO2/c1-11(6-13-7-11)15-8-3-4-9(12)10(5-8)14-2/h3-5,13H,6-7H2,1-2H3. The molecule has 1 heterocycles. The van der Waals surface area contributed by atoms with Crippen molar-refractivity contribution in [3.63, 3.8) is 0 Å². The van der Waals surface area contributed by atoms with E-state index in [4.69, 9.17) is 9.47 Å². The van der Waals surface area contributed by atoms with Gasteiger partial charge in [0.2, 0.25) is 0 Å². The molecule has 1 aliphatic rings. The first-order valence-corrected chi connectivity index (χ1v) is 5.65. The average molecular weight is 272 g/mol. The zero-order valence-electron chi connectivity index (χ0n) is 8.84. The maximum atomic E-state index is 5.87. The molecule has 3 nitrogen and oxygen atoms in total. The molecule has 0 spiro atoms. The third-order valence-electron chi connectivity index (χ3n) is 2.48. The second kappa shape index (κ2) is 4.02. The molecule has 1 aromatic carbocycles. The minimum Gasteiger partial charge on any atom is -0.495 e. The predicted octanol–water partition coefficient (Wildman–Crippen LogP) is 2.20. The molecule has 0 unspecified atom stereocenters. The van der Waals surface area contributed by atoms with Crippen LogP contribution in [-0.2, 0) is 0 Å². The van der Waals surface area contributed by atoms with Gasteiger partial charge in [-0.1, -0.05) is 0 Å². The van der Waals surface area contributed by atoms with Crippen molar-refractivity contribution < 1.29 is 9.47 Å². The summed E-state index contributed by atoms with van der Waals surface area (Å²) in [5.41, 5.74) is -0.0706. The van der Waals surface area contributed by atoms with Crippen LogP contribution in [0.5, 0.6) is 11.5 Å². The third-order valence-corrected chi connectivity index (χ3v) is 3.14. The van der Waals surface area contributed by atoms with E-state index in [0.29, 0.717) is 0 Å². The van der Waals surface area contributed by atoms with Gasteiger partial charge < -0.3 is 14.8 Å². The lowest BCUT2D eigenvalue weighted by atomic mass is 10.00. The van der Waals surface area contributed by atoms with Crippen LogP contribution in [0.15, 0.2) is 22.7 Å². The van der Waals surface area contributed by atoms with Crippen LogP contribution in [0.3, 0.4) is 0 Å². The first-order chi connectivity index (χ1) is 7.13. The van der Waals surface area contributed by atoms with Gasteiger partial charge >= 0.3 is 0 Å². The Morgan fingerprint density at radius 3 is 2.67 bits per heavy atom. The van der Waals surface area contributed by atoms with Crippen LogP contribution in [0.25, 0.3) is 0 Å². The monoisotopic (exact) mass is 271 g/mol. The zero-order valence-corrected chi connectivity index (χ0v) is 10.4. The van der Waals surface area contributed by atoms with Gasteiger partial charge in [0.05, 0.1) is 11.6 Å². The lowest BCUT2D eigenvalue weighted by Gasteiger charge is -2.39. The summed E-state index contributed by atoms with van der Waals surface area (Å²) < 4.78 is 12.0. The number of nitrogens with one attached hydrogen (secondary N) is 1. The molecule has 2 rings (SSSR count). The number of benzene rings is 1. The number of hydrogen-bond acceptors (Lipinski definition) is 3. The van der Waals surface area contributed by atoms with Crippen molar-refractivity contribution in [1.82, 2.24) is 5.32 Å². The Balaban J connectivity index is 2.14. The lowest BCUT2D eigenvalue weighted by molar-refractivity contribution is 0.0347. The second-order valence-electron chi connectivity index (χ2n) is 3.95. The Labute approximate surface area is 97.9 Å². The third kappa shape index (κ3) is 2.26. The fraction of sp³-hybridized carbons (Fsp3) is 0.455. The van der Waals surface area contributed by atoms with E-state index in [-0.39, 0.29) is 5.60 Å². The van der Waals surface area contributed by atoms with Crippen LogP contribution in [0, 0.1) is 0 Å². The van der Waals surface area contributed by atoms with Gasteiger partial charge in [-0.3, -0.25) is 0 Å². The summed E-state index contributed by atoms with van der Waals surface area (Å²) in [7, 11) is 1.65. The maximum absolute atomic E-state index is 5.87. The number of rotatable bonds is 3. The molecule has 4 heteroatoms. The molecular formula is C11H14BrNO2. The van der Waals surface area contributed by atoms with Gasteiger partial charge in [0.25, 0.3) is 0 Å². The highest BCUT2D eigenvalue weighted by Crippen LogP contribution is 2.31. The summed E-state index contributed by atoms with van der Waals surface area (Å²) in [5.74, 6) is 1.64. The van der Waals surface area contributed by atoms with Crippen LogP contribution in [0.2, 0.25) is 0 Å². The van der Waals surface area contributed by atoms with E-state index in [9.17, 15) is 0 Å². The summed E-state index contributed by atoms with van der Waals surface area (Å²) in [5, 5.41) is 3.20. The highest BCUT2D eigenvalue weighted by molar-refractivity contribution is 9.10. The van der Waals surface area contributed by atoms with E-state index in [1.807, 2.05) is 18.2 Å². The zero-order chi connectivity index (χ0) is 10.9. The van der Waals surface area contributed by atoms with E-state index in [2.05, 4.69) is 28.2 Å². The molecule has 0 saturated carbocycles. The van der Waals surface area contributed by atoms with E-state index < -0.39 is 0 Å². The van der Waals surface area contributed by atoms with Crippen LogP contribution >= 0.6 is 15.9 Å². The van der Waals surface area contributed by atoms with Crippen molar-refractivity contribution in [3.05, 3.63) is 22.7 Å².